The first-order valence-corrected chi connectivity index (χ1v) is 7.01. The first-order valence-electron chi connectivity index (χ1n) is 7.01. The highest BCUT2D eigenvalue weighted by molar-refractivity contribution is 4.97. The summed E-state index contributed by atoms with van der Waals surface area (Å²) >= 11 is 0. The van der Waals surface area contributed by atoms with E-state index in [2.05, 4.69) is 5.32 Å². The zero-order chi connectivity index (χ0) is 14.3. The van der Waals surface area contributed by atoms with Crippen molar-refractivity contribution in [3.05, 3.63) is 0 Å². The predicted molar refractivity (Wildman–Crippen MR) is 67.1 cm³/mol. The molecule has 0 heterocycles. The summed E-state index contributed by atoms with van der Waals surface area (Å²) < 4.78 is 47.2. The molecule has 0 radical (unpaired) electrons. The number of hydrogen-bond donors (Lipinski definition) is 1. The Bertz CT molecular complexity index is 249. The number of rotatable bonds is 9. The van der Waals surface area contributed by atoms with Gasteiger partial charge in [0.1, 0.15) is 0 Å². The van der Waals surface area contributed by atoms with Crippen molar-refractivity contribution in [3.63, 3.8) is 0 Å². The summed E-state index contributed by atoms with van der Waals surface area (Å²) in [5.74, 6) is 0. The molecule has 0 amide bonds. The molecular weight excluding hydrogens is 259 g/mol. The van der Waals surface area contributed by atoms with Crippen molar-refractivity contribution < 1.29 is 22.6 Å². The summed E-state index contributed by atoms with van der Waals surface area (Å²) in [4.78, 5) is 0. The average Bonchev–Trinajstić information content (AvgIpc) is 2.30. The Hall–Kier alpha value is -0.330. The largest absolute Gasteiger partial charge is 0.389 e. The van der Waals surface area contributed by atoms with Gasteiger partial charge in [0.2, 0.25) is 0 Å². The van der Waals surface area contributed by atoms with E-state index in [-0.39, 0.29) is 31.3 Å². The van der Waals surface area contributed by atoms with Gasteiger partial charge >= 0.3 is 6.18 Å². The predicted octanol–water partition coefficient (Wildman–Crippen LogP) is 2.89. The maximum absolute atomic E-state index is 12.0. The zero-order valence-corrected chi connectivity index (χ0v) is 11.6. The molecule has 0 aliphatic heterocycles. The van der Waals surface area contributed by atoms with Crippen LogP contribution in [0.15, 0.2) is 0 Å². The van der Waals surface area contributed by atoms with Gasteiger partial charge in [-0.05, 0) is 25.8 Å². The molecule has 3 nitrogen and oxygen atoms in total. The van der Waals surface area contributed by atoms with E-state index in [0.29, 0.717) is 6.61 Å². The Labute approximate surface area is 112 Å². The molecule has 1 N–H and O–H groups in total. The molecule has 0 spiro atoms. The summed E-state index contributed by atoms with van der Waals surface area (Å²) in [5, 5.41) is 3.30. The highest BCUT2D eigenvalue weighted by atomic mass is 19.4. The van der Waals surface area contributed by atoms with Crippen LogP contribution in [0.25, 0.3) is 0 Å². The number of ether oxygens (including phenoxy) is 2. The minimum absolute atomic E-state index is 0.0202. The molecule has 0 bridgehead atoms. The van der Waals surface area contributed by atoms with Crippen LogP contribution in [0.5, 0.6) is 0 Å². The molecule has 0 aromatic carbocycles. The van der Waals surface area contributed by atoms with Crippen molar-refractivity contribution in [2.75, 3.05) is 19.8 Å². The molecule has 1 aliphatic rings. The van der Waals surface area contributed by atoms with Gasteiger partial charge in [0, 0.05) is 25.7 Å². The topological polar surface area (TPSA) is 30.5 Å². The molecule has 3 atom stereocenters. The van der Waals surface area contributed by atoms with Gasteiger partial charge in [0.25, 0.3) is 0 Å². The fourth-order valence-electron chi connectivity index (χ4n) is 2.19. The maximum atomic E-state index is 12.0. The molecule has 19 heavy (non-hydrogen) atoms. The first-order chi connectivity index (χ1) is 8.98. The van der Waals surface area contributed by atoms with Crippen molar-refractivity contribution in [1.82, 2.24) is 5.32 Å². The second kappa shape index (κ2) is 8.07. The highest BCUT2D eigenvalue weighted by Gasteiger charge is 2.42. The molecule has 1 fully saturated rings. The van der Waals surface area contributed by atoms with Crippen molar-refractivity contribution in [2.45, 2.75) is 64.0 Å². The van der Waals surface area contributed by atoms with Crippen LogP contribution in [-0.4, -0.2) is 44.2 Å². The SMILES string of the molecule is CCCOC1C(NCC)CC1OCCCC(F)(F)F. The van der Waals surface area contributed by atoms with Crippen molar-refractivity contribution in [1.29, 1.82) is 0 Å². The van der Waals surface area contributed by atoms with E-state index in [9.17, 15) is 13.2 Å². The zero-order valence-electron chi connectivity index (χ0n) is 11.6. The molecule has 1 saturated carbocycles. The number of halogens is 3. The number of alkyl halides is 3. The minimum atomic E-state index is -4.09. The molecule has 6 heteroatoms. The Morgan fingerprint density at radius 1 is 1.16 bits per heavy atom. The second-order valence-electron chi connectivity index (χ2n) is 4.86. The fourth-order valence-corrected chi connectivity index (χ4v) is 2.19. The van der Waals surface area contributed by atoms with Crippen molar-refractivity contribution in [3.8, 4) is 0 Å². The molecule has 0 aromatic heterocycles. The van der Waals surface area contributed by atoms with Crippen LogP contribution in [0, 0.1) is 0 Å². The first kappa shape index (κ1) is 16.7. The van der Waals surface area contributed by atoms with E-state index in [0.717, 1.165) is 19.4 Å². The van der Waals surface area contributed by atoms with Crippen LogP contribution in [0.2, 0.25) is 0 Å². The summed E-state index contributed by atoms with van der Waals surface area (Å²) in [5.41, 5.74) is 0. The summed E-state index contributed by atoms with van der Waals surface area (Å²) in [6.07, 6.45) is -3.20. The summed E-state index contributed by atoms with van der Waals surface area (Å²) in [6.45, 7) is 5.72. The van der Waals surface area contributed by atoms with Gasteiger partial charge in [-0.15, -0.1) is 0 Å². The smallest absolute Gasteiger partial charge is 0.375 e. The van der Waals surface area contributed by atoms with E-state index in [1.165, 1.54) is 0 Å². The van der Waals surface area contributed by atoms with Crippen molar-refractivity contribution >= 4 is 0 Å². The minimum Gasteiger partial charge on any atom is -0.375 e. The normalized spacial score (nSPS) is 27.3. The number of hydrogen-bond acceptors (Lipinski definition) is 3. The lowest BCUT2D eigenvalue weighted by molar-refractivity contribution is -0.159. The summed E-state index contributed by atoms with van der Waals surface area (Å²) in [6, 6.07) is 0.268. The van der Waals surface area contributed by atoms with Crippen molar-refractivity contribution in [2.24, 2.45) is 0 Å². The van der Waals surface area contributed by atoms with Crippen LogP contribution in [0.4, 0.5) is 13.2 Å². The molecule has 3 unspecified atom stereocenters. The Balaban J connectivity index is 2.21. The second-order valence-corrected chi connectivity index (χ2v) is 4.86. The summed E-state index contributed by atoms with van der Waals surface area (Å²) in [7, 11) is 0. The average molecular weight is 283 g/mol. The van der Waals surface area contributed by atoms with E-state index < -0.39 is 12.6 Å². The third kappa shape index (κ3) is 6.10. The van der Waals surface area contributed by atoms with Crippen LogP contribution >= 0.6 is 0 Å². The lowest BCUT2D eigenvalue weighted by Crippen LogP contribution is -2.60. The van der Waals surface area contributed by atoms with Gasteiger partial charge in [-0.3, -0.25) is 0 Å². The Morgan fingerprint density at radius 3 is 2.47 bits per heavy atom. The molecule has 114 valence electrons. The van der Waals surface area contributed by atoms with Gasteiger partial charge in [0.15, 0.2) is 0 Å². The quantitative estimate of drug-likeness (QED) is 0.660. The molecule has 1 aliphatic carbocycles. The monoisotopic (exact) mass is 283 g/mol. The van der Waals surface area contributed by atoms with Gasteiger partial charge in [-0.2, -0.15) is 13.2 Å². The number of nitrogens with one attached hydrogen (secondary N) is 1. The number of likely N-dealkylation sites (N-methyl/N-ethyl adjacent to an activating group) is 1. The van der Waals surface area contributed by atoms with E-state index in [1.807, 2.05) is 13.8 Å². The molecule has 1 rings (SSSR count). The van der Waals surface area contributed by atoms with Crippen LogP contribution in [0.3, 0.4) is 0 Å². The van der Waals surface area contributed by atoms with E-state index in [1.54, 1.807) is 0 Å². The lowest BCUT2D eigenvalue weighted by Gasteiger charge is -2.44. The van der Waals surface area contributed by atoms with Crippen LogP contribution in [-0.2, 0) is 9.47 Å². The third-order valence-electron chi connectivity index (χ3n) is 3.17. The van der Waals surface area contributed by atoms with Gasteiger partial charge in [0.05, 0.1) is 12.2 Å². The van der Waals surface area contributed by atoms with Gasteiger partial charge < -0.3 is 14.8 Å². The molecular formula is C13H24F3NO2. The van der Waals surface area contributed by atoms with E-state index in [4.69, 9.17) is 9.47 Å². The third-order valence-corrected chi connectivity index (χ3v) is 3.17. The highest BCUT2D eigenvalue weighted by Crippen LogP contribution is 2.28. The van der Waals surface area contributed by atoms with Crippen LogP contribution < -0.4 is 5.32 Å². The van der Waals surface area contributed by atoms with Gasteiger partial charge in [-0.25, -0.2) is 0 Å². The van der Waals surface area contributed by atoms with E-state index >= 15 is 0 Å². The Morgan fingerprint density at radius 2 is 1.89 bits per heavy atom. The standard InChI is InChI=1S/C13H24F3NO2/c1-3-7-19-12-10(17-4-2)9-11(12)18-8-5-6-13(14,15)16/h10-12,17H,3-9H2,1-2H3. The molecule has 0 aromatic rings. The lowest BCUT2D eigenvalue weighted by atomic mass is 9.85. The maximum Gasteiger partial charge on any atom is 0.389 e. The van der Waals surface area contributed by atoms with Gasteiger partial charge in [-0.1, -0.05) is 13.8 Å². The van der Waals surface area contributed by atoms with Crippen LogP contribution in [0.1, 0.15) is 39.5 Å². The Kier molecular flexibility index (Phi) is 7.10. The fraction of sp³-hybridized carbons (Fsp3) is 1.00. The molecule has 0 saturated heterocycles.